The lowest BCUT2D eigenvalue weighted by atomic mass is 10.1. The highest BCUT2D eigenvalue weighted by molar-refractivity contribution is 7.08. The summed E-state index contributed by atoms with van der Waals surface area (Å²) in [6, 6.07) is 0. The Labute approximate surface area is 92.7 Å². The number of aromatic carboxylic acids is 1. The highest BCUT2D eigenvalue weighted by atomic mass is 32.1. The van der Waals surface area contributed by atoms with Crippen LogP contribution >= 0.6 is 11.5 Å². The number of carboxylic acids is 1. The first-order valence-electron chi connectivity index (χ1n) is 5.16. The molecule has 15 heavy (non-hydrogen) atoms. The number of hydrogen-bond donors (Lipinski definition) is 1. The summed E-state index contributed by atoms with van der Waals surface area (Å²) in [6.45, 7) is 2.89. The van der Waals surface area contributed by atoms with E-state index in [4.69, 9.17) is 5.11 Å². The van der Waals surface area contributed by atoms with Gasteiger partial charge in [0.1, 0.15) is 4.88 Å². The lowest BCUT2D eigenvalue weighted by Crippen LogP contribution is -2.29. The number of carboxylic acid groups (broad SMARTS) is 1. The summed E-state index contributed by atoms with van der Waals surface area (Å²) in [5, 5.41) is 8.94. The van der Waals surface area contributed by atoms with Crippen molar-refractivity contribution in [1.29, 1.82) is 0 Å². The first kappa shape index (κ1) is 10.6. The molecule has 5 heteroatoms. The van der Waals surface area contributed by atoms with Crippen LogP contribution in [-0.2, 0) is 6.54 Å². The predicted octanol–water partition coefficient (Wildman–Crippen LogP) is 1.83. The number of aromatic nitrogens is 1. The van der Waals surface area contributed by atoms with Gasteiger partial charge in [0.2, 0.25) is 0 Å². The molecule has 0 spiro atoms. The van der Waals surface area contributed by atoms with Gasteiger partial charge in [-0.1, -0.05) is 6.42 Å². The van der Waals surface area contributed by atoms with Gasteiger partial charge in [-0.3, -0.25) is 4.90 Å². The molecule has 1 aliphatic heterocycles. The average Bonchev–Trinajstić information content (AvgIpc) is 2.67. The summed E-state index contributed by atoms with van der Waals surface area (Å²) >= 11 is 1.07. The van der Waals surface area contributed by atoms with Gasteiger partial charge in [-0.05, 0) is 37.5 Å². The van der Waals surface area contributed by atoms with Gasteiger partial charge in [-0.2, -0.15) is 4.37 Å². The Bertz CT molecular complexity index is 345. The second-order valence-corrected chi connectivity index (χ2v) is 4.62. The number of nitrogens with zero attached hydrogens (tertiary/aromatic N) is 2. The number of piperidine rings is 1. The van der Waals surface area contributed by atoms with E-state index in [0.717, 1.165) is 36.7 Å². The van der Waals surface area contributed by atoms with Crippen molar-refractivity contribution < 1.29 is 9.90 Å². The summed E-state index contributed by atoms with van der Waals surface area (Å²) in [5.41, 5.74) is 0.856. The molecule has 0 unspecified atom stereocenters. The fourth-order valence-electron chi connectivity index (χ4n) is 1.91. The first-order chi connectivity index (χ1) is 7.27. The molecule has 0 bridgehead atoms. The molecule has 0 amide bonds. The van der Waals surface area contributed by atoms with Gasteiger partial charge in [0.25, 0.3) is 0 Å². The number of carbonyl (C=O) groups is 1. The lowest BCUT2D eigenvalue weighted by molar-refractivity contribution is 0.0699. The Hall–Kier alpha value is -0.940. The Morgan fingerprint density at radius 1 is 1.47 bits per heavy atom. The maximum Gasteiger partial charge on any atom is 0.347 e. The van der Waals surface area contributed by atoms with Gasteiger partial charge in [0.15, 0.2) is 0 Å². The third-order valence-electron chi connectivity index (χ3n) is 2.68. The van der Waals surface area contributed by atoms with Crippen molar-refractivity contribution in [3.05, 3.63) is 16.6 Å². The van der Waals surface area contributed by atoms with Crippen molar-refractivity contribution in [3.8, 4) is 0 Å². The van der Waals surface area contributed by atoms with Crippen molar-refractivity contribution in [3.63, 3.8) is 0 Å². The number of rotatable bonds is 3. The third-order valence-corrected chi connectivity index (χ3v) is 3.51. The van der Waals surface area contributed by atoms with Crippen molar-refractivity contribution in [2.45, 2.75) is 25.8 Å². The van der Waals surface area contributed by atoms with E-state index in [-0.39, 0.29) is 0 Å². The second-order valence-electron chi connectivity index (χ2n) is 3.82. The van der Waals surface area contributed by atoms with Crippen LogP contribution in [0, 0.1) is 0 Å². The average molecular weight is 226 g/mol. The molecule has 2 heterocycles. The van der Waals surface area contributed by atoms with Crippen molar-refractivity contribution in [2.24, 2.45) is 0 Å². The van der Waals surface area contributed by atoms with Crippen LogP contribution in [0.5, 0.6) is 0 Å². The van der Waals surface area contributed by atoms with E-state index in [2.05, 4.69) is 9.27 Å². The second kappa shape index (κ2) is 4.72. The zero-order valence-electron chi connectivity index (χ0n) is 8.48. The quantitative estimate of drug-likeness (QED) is 0.854. The normalized spacial score (nSPS) is 17.9. The predicted molar refractivity (Wildman–Crippen MR) is 58.2 cm³/mol. The molecule has 0 saturated carbocycles. The first-order valence-corrected chi connectivity index (χ1v) is 5.94. The van der Waals surface area contributed by atoms with Gasteiger partial charge in [-0.15, -0.1) is 0 Å². The molecule has 2 rings (SSSR count). The van der Waals surface area contributed by atoms with Crippen LogP contribution < -0.4 is 0 Å². The SMILES string of the molecule is O=C(O)c1sncc1CN1CCCCC1. The monoisotopic (exact) mass is 226 g/mol. The molecule has 0 atom stereocenters. The number of likely N-dealkylation sites (tertiary alicyclic amines) is 1. The number of hydrogen-bond acceptors (Lipinski definition) is 4. The van der Waals surface area contributed by atoms with E-state index < -0.39 is 5.97 Å². The minimum atomic E-state index is -0.857. The van der Waals surface area contributed by atoms with Gasteiger partial charge in [0, 0.05) is 18.3 Å². The van der Waals surface area contributed by atoms with E-state index in [1.807, 2.05) is 0 Å². The molecule has 1 aromatic rings. The maximum absolute atomic E-state index is 10.9. The molecule has 0 aromatic carbocycles. The van der Waals surface area contributed by atoms with Crippen LogP contribution in [-0.4, -0.2) is 33.4 Å². The standard InChI is InChI=1S/C10H14N2O2S/c13-10(14)9-8(6-11-15-9)7-12-4-2-1-3-5-12/h6H,1-5,7H2,(H,13,14). The summed E-state index contributed by atoms with van der Waals surface area (Å²) in [7, 11) is 0. The van der Waals surface area contributed by atoms with Crippen molar-refractivity contribution in [2.75, 3.05) is 13.1 Å². The van der Waals surface area contributed by atoms with Crippen LogP contribution in [0.3, 0.4) is 0 Å². The van der Waals surface area contributed by atoms with E-state index in [9.17, 15) is 4.79 Å². The van der Waals surface area contributed by atoms with Gasteiger partial charge < -0.3 is 5.11 Å². The lowest BCUT2D eigenvalue weighted by Gasteiger charge is -2.25. The molecule has 0 radical (unpaired) electrons. The smallest absolute Gasteiger partial charge is 0.347 e. The summed E-state index contributed by atoms with van der Waals surface area (Å²) in [6.07, 6.45) is 5.42. The molecule has 1 aliphatic rings. The van der Waals surface area contributed by atoms with Crippen molar-refractivity contribution in [1.82, 2.24) is 9.27 Å². The minimum absolute atomic E-state index is 0.389. The van der Waals surface area contributed by atoms with Gasteiger partial charge in [0.05, 0.1) is 0 Å². The summed E-state index contributed by atoms with van der Waals surface area (Å²) in [5.74, 6) is -0.857. The fourth-order valence-corrected chi connectivity index (χ4v) is 2.51. The van der Waals surface area contributed by atoms with Crippen LogP contribution in [0.4, 0.5) is 0 Å². The molecular formula is C10H14N2O2S. The summed E-state index contributed by atoms with van der Waals surface area (Å²) in [4.78, 5) is 13.6. The largest absolute Gasteiger partial charge is 0.477 e. The Morgan fingerprint density at radius 3 is 2.87 bits per heavy atom. The van der Waals surface area contributed by atoms with Crippen molar-refractivity contribution >= 4 is 17.5 Å². The Balaban J connectivity index is 2.03. The molecular weight excluding hydrogens is 212 g/mol. The molecule has 0 aliphatic carbocycles. The van der Waals surface area contributed by atoms with Crippen LogP contribution in [0.15, 0.2) is 6.20 Å². The Morgan fingerprint density at radius 2 is 2.20 bits per heavy atom. The Kier molecular flexibility index (Phi) is 3.33. The van der Waals surface area contributed by atoms with E-state index in [1.54, 1.807) is 6.20 Å². The third kappa shape index (κ3) is 2.54. The summed E-state index contributed by atoms with van der Waals surface area (Å²) < 4.78 is 3.94. The fraction of sp³-hybridized carbons (Fsp3) is 0.600. The zero-order chi connectivity index (χ0) is 10.7. The zero-order valence-corrected chi connectivity index (χ0v) is 9.29. The molecule has 1 fully saturated rings. The topological polar surface area (TPSA) is 53.4 Å². The van der Waals surface area contributed by atoms with E-state index in [0.29, 0.717) is 4.88 Å². The molecule has 82 valence electrons. The molecule has 1 aromatic heterocycles. The van der Waals surface area contributed by atoms with Gasteiger partial charge >= 0.3 is 5.97 Å². The highest BCUT2D eigenvalue weighted by Gasteiger charge is 2.17. The van der Waals surface area contributed by atoms with Crippen LogP contribution in [0.25, 0.3) is 0 Å². The minimum Gasteiger partial charge on any atom is -0.477 e. The molecule has 1 saturated heterocycles. The molecule has 1 N–H and O–H groups in total. The van der Waals surface area contributed by atoms with Gasteiger partial charge in [-0.25, -0.2) is 4.79 Å². The van der Waals surface area contributed by atoms with Crippen LogP contribution in [0.1, 0.15) is 34.5 Å². The molecule has 4 nitrogen and oxygen atoms in total. The maximum atomic E-state index is 10.9. The van der Waals surface area contributed by atoms with E-state index in [1.165, 1.54) is 19.3 Å². The van der Waals surface area contributed by atoms with E-state index >= 15 is 0 Å². The van der Waals surface area contributed by atoms with Crippen LogP contribution in [0.2, 0.25) is 0 Å². The highest BCUT2D eigenvalue weighted by Crippen LogP contribution is 2.18.